The molecule has 2 N–H and O–H groups in total. The minimum atomic E-state index is -0.688. The van der Waals surface area contributed by atoms with Gasteiger partial charge < -0.3 is 5.73 Å². The SMILES string of the molecule is Nc1ccc2nnc(-c3ccc(F)cc3F)n2c1. The lowest BCUT2D eigenvalue weighted by atomic mass is 10.2. The fourth-order valence-corrected chi connectivity index (χ4v) is 1.76. The standard InChI is InChI=1S/C12H8F2N4/c13-7-1-3-9(10(14)5-7)12-17-16-11-4-2-8(15)6-18(11)12/h1-6H,15H2. The van der Waals surface area contributed by atoms with E-state index in [-0.39, 0.29) is 11.4 Å². The Morgan fingerprint density at radius 2 is 1.89 bits per heavy atom. The predicted octanol–water partition coefficient (Wildman–Crippen LogP) is 2.26. The second kappa shape index (κ2) is 3.76. The van der Waals surface area contributed by atoms with Crippen molar-refractivity contribution in [3.8, 4) is 11.4 Å². The Bertz CT molecular complexity index is 736. The molecule has 0 saturated carbocycles. The second-order valence-corrected chi connectivity index (χ2v) is 3.84. The number of hydrogen-bond acceptors (Lipinski definition) is 3. The van der Waals surface area contributed by atoms with Gasteiger partial charge in [0.1, 0.15) is 11.6 Å². The highest BCUT2D eigenvalue weighted by atomic mass is 19.1. The van der Waals surface area contributed by atoms with Crippen molar-refractivity contribution in [1.82, 2.24) is 14.6 Å². The molecule has 4 nitrogen and oxygen atoms in total. The zero-order chi connectivity index (χ0) is 12.7. The molecule has 2 heterocycles. The molecule has 0 atom stereocenters. The highest BCUT2D eigenvalue weighted by molar-refractivity contribution is 5.61. The van der Waals surface area contributed by atoms with Crippen molar-refractivity contribution in [1.29, 1.82) is 0 Å². The quantitative estimate of drug-likeness (QED) is 0.716. The van der Waals surface area contributed by atoms with E-state index < -0.39 is 11.6 Å². The molecule has 0 radical (unpaired) electrons. The Balaban J connectivity index is 2.28. The Kier molecular flexibility index (Phi) is 2.22. The van der Waals surface area contributed by atoms with E-state index in [1.807, 2.05) is 0 Å². The number of nitrogens with zero attached hydrogens (tertiary/aromatic N) is 3. The number of halogens is 2. The zero-order valence-electron chi connectivity index (χ0n) is 9.14. The van der Waals surface area contributed by atoms with Crippen LogP contribution in [0.25, 0.3) is 17.0 Å². The summed E-state index contributed by atoms with van der Waals surface area (Å²) < 4.78 is 28.1. The van der Waals surface area contributed by atoms with Crippen LogP contribution in [0.1, 0.15) is 0 Å². The lowest BCUT2D eigenvalue weighted by Crippen LogP contribution is -1.95. The van der Waals surface area contributed by atoms with Crippen LogP contribution in [0, 0.1) is 11.6 Å². The van der Waals surface area contributed by atoms with Gasteiger partial charge >= 0.3 is 0 Å². The molecule has 0 amide bonds. The summed E-state index contributed by atoms with van der Waals surface area (Å²) in [6.45, 7) is 0. The summed E-state index contributed by atoms with van der Waals surface area (Å²) in [5.41, 5.74) is 6.89. The smallest absolute Gasteiger partial charge is 0.171 e. The number of rotatable bonds is 1. The largest absolute Gasteiger partial charge is 0.398 e. The molecule has 0 saturated heterocycles. The maximum atomic E-state index is 13.7. The van der Waals surface area contributed by atoms with E-state index in [1.165, 1.54) is 12.1 Å². The van der Waals surface area contributed by atoms with Crippen LogP contribution >= 0.6 is 0 Å². The summed E-state index contributed by atoms with van der Waals surface area (Å²) >= 11 is 0. The van der Waals surface area contributed by atoms with Crippen LogP contribution in [0.3, 0.4) is 0 Å². The molecule has 0 aliphatic carbocycles. The Morgan fingerprint density at radius 3 is 2.67 bits per heavy atom. The minimum absolute atomic E-state index is 0.175. The van der Waals surface area contributed by atoms with Gasteiger partial charge in [-0.1, -0.05) is 0 Å². The first-order valence-electron chi connectivity index (χ1n) is 5.21. The van der Waals surface area contributed by atoms with Crippen LogP contribution < -0.4 is 5.73 Å². The Hall–Kier alpha value is -2.50. The van der Waals surface area contributed by atoms with E-state index in [2.05, 4.69) is 10.2 Å². The van der Waals surface area contributed by atoms with Crippen molar-refractivity contribution in [3.63, 3.8) is 0 Å². The van der Waals surface area contributed by atoms with E-state index in [9.17, 15) is 8.78 Å². The number of fused-ring (bicyclic) bond motifs is 1. The number of anilines is 1. The predicted molar refractivity (Wildman–Crippen MR) is 62.8 cm³/mol. The van der Waals surface area contributed by atoms with E-state index in [4.69, 9.17) is 5.73 Å². The molecular formula is C12H8F2N4. The lowest BCUT2D eigenvalue weighted by Gasteiger charge is -2.02. The number of pyridine rings is 1. The first kappa shape index (κ1) is 10.6. The number of nitrogen functional groups attached to an aromatic ring is 1. The third kappa shape index (κ3) is 1.58. The van der Waals surface area contributed by atoms with Crippen molar-refractivity contribution in [3.05, 3.63) is 48.2 Å². The molecule has 3 aromatic rings. The molecule has 0 aliphatic heterocycles. The topological polar surface area (TPSA) is 56.2 Å². The maximum absolute atomic E-state index is 13.7. The first-order chi connectivity index (χ1) is 8.65. The van der Waals surface area contributed by atoms with E-state index >= 15 is 0 Å². The number of benzene rings is 1. The maximum Gasteiger partial charge on any atom is 0.171 e. The third-order valence-electron chi connectivity index (χ3n) is 2.60. The van der Waals surface area contributed by atoms with E-state index in [0.29, 0.717) is 11.3 Å². The van der Waals surface area contributed by atoms with Crippen LogP contribution in [-0.4, -0.2) is 14.6 Å². The van der Waals surface area contributed by atoms with Gasteiger partial charge in [-0.3, -0.25) is 4.40 Å². The van der Waals surface area contributed by atoms with Crippen LogP contribution in [-0.2, 0) is 0 Å². The molecule has 0 aliphatic rings. The first-order valence-corrected chi connectivity index (χ1v) is 5.21. The molecular weight excluding hydrogens is 238 g/mol. The van der Waals surface area contributed by atoms with Crippen LogP contribution in [0.2, 0.25) is 0 Å². The second-order valence-electron chi connectivity index (χ2n) is 3.84. The van der Waals surface area contributed by atoms with Crippen molar-refractivity contribution in [2.45, 2.75) is 0 Å². The van der Waals surface area contributed by atoms with Crippen molar-refractivity contribution in [2.75, 3.05) is 5.73 Å². The number of hydrogen-bond donors (Lipinski definition) is 1. The normalized spacial score (nSPS) is 11.0. The monoisotopic (exact) mass is 246 g/mol. The highest BCUT2D eigenvalue weighted by Crippen LogP contribution is 2.23. The molecule has 0 bridgehead atoms. The molecule has 2 aromatic heterocycles. The minimum Gasteiger partial charge on any atom is -0.398 e. The molecule has 6 heteroatoms. The van der Waals surface area contributed by atoms with Gasteiger partial charge in [-0.25, -0.2) is 8.78 Å². The molecule has 0 spiro atoms. The van der Waals surface area contributed by atoms with Crippen molar-refractivity contribution < 1.29 is 8.78 Å². The van der Waals surface area contributed by atoms with Crippen molar-refractivity contribution >= 4 is 11.3 Å². The average molecular weight is 246 g/mol. The number of nitrogens with two attached hydrogens (primary N) is 1. The van der Waals surface area contributed by atoms with E-state index in [0.717, 1.165) is 6.07 Å². The molecule has 3 rings (SSSR count). The van der Waals surface area contributed by atoms with Crippen LogP contribution in [0.5, 0.6) is 0 Å². The summed E-state index contributed by atoms with van der Waals surface area (Å²) in [7, 11) is 0. The van der Waals surface area contributed by atoms with Gasteiger partial charge in [0.2, 0.25) is 0 Å². The van der Waals surface area contributed by atoms with Gasteiger partial charge in [-0.2, -0.15) is 0 Å². The molecule has 18 heavy (non-hydrogen) atoms. The molecule has 1 aromatic carbocycles. The van der Waals surface area contributed by atoms with Gasteiger partial charge in [0.15, 0.2) is 11.5 Å². The van der Waals surface area contributed by atoms with Crippen LogP contribution in [0.4, 0.5) is 14.5 Å². The Labute approximate surface area is 101 Å². The van der Waals surface area contributed by atoms with Gasteiger partial charge in [0, 0.05) is 18.0 Å². The van der Waals surface area contributed by atoms with Gasteiger partial charge in [-0.15, -0.1) is 10.2 Å². The van der Waals surface area contributed by atoms with E-state index in [1.54, 1.807) is 22.7 Å². The lowest BCUT2D eigenvalue weighted by molar-refractivity contribution is 0.584. The highest BCUT2D eigenvalue weighted by Gasteiger charge is 2.13. The third-order valence-corrected chi connectivity index (χ3v) is 2.60. The fraction of sp³-hybridized carbons (Fsp3) is 0. The summed E-state index contributed by atoms with van der Waals surface area (Å²) in [4.78, 5) is 0. The summed E-state index contributed by atoms with van der Waals surface area (Å²) in [6.07, 6.45) is 1.59. The number of aromatic nitrogens is 3. The van der Waals surface area contributed by atoms with Crippen LogP contribution in [0.15, 0.2) is 36.5 Å². The van der Waals surface area contributed by atoms with Gasteiger partial charge in [0.25, 0.3) is 0 Å². The molecule has 0 unspecified atom stereocenters. The average Bonchev–Trinajstić information content (AvgIpc) is 2.72. The summed E-state index contributed by atoms with van der Waals surface area (Å²) in [6, 6.07) is 6.65. The fourth-order valence-electron chi connectivity index (χ4n) is 1.76. The Morgan fingerprint density at radius 1 is 1.06 bits per heavy atom. The van der Waals surface area contributed by atoms with Gasteiger partial charge in [0.05, 0.1) is 5.56 Å². The van der Waals surface area contributed by atoms with Gasteiger partial charge in [-0.05, 0) is 24.3 Å². The zero-order valence-corrected chi connectivity index (χ0v) is 9.14. The summed E-state index contributed by atoms with van der Waals surface area (Å²) in [5, 5.41) is 7.79. The molecule has 0 fully saturated rings. The molecule has 90 valence electrons. The summed E-state index contributed by atoms with van der Waals surface area (Å²) in [5.74, 6) is -1.04. The van der Waals surface area contributed by atoms with Crippen molar-refractivity contribution in [2.24, 2.45) is 0 Å².